The molecule has 0 aliphatic rings. The van der Waals surface area contributed by atoms with Crippen LogP contribution in [0.1, 0.15) is 36.1 Å². The van der Waals surface area contributed by atoms with Crippen molar-refractivity contribution >= 4 is 0 Å². The van der Waals surface area contributed by atoms with Crippen LogP contribution in [0.5, 0.6) is 5.75 Å². The van der Waals surface area contributed by atoms with Crippen molar-refractivity contribution in [3.63, 3.8) is 0 Å². The molecular formula is C17H20O2. The molecule has 2 nitrogen and oxygen atoms in total. The number of aliphatic hydroxyl groups is 1. The zero-order valence-electron chi connectivity index (χ0n) is 11.5. The minimum atomic E-state index is -0.464. The average Bonchev–Trinajstić information content (AvgIpc) is 2.45. The fraction of sp³-hybridized carbons (Fsp3) is 0.294. The molecule has 2 rings (SSSR count). The molecule has 0 aromatic heterocycles. The molecule has 2 heteroatoms. The standard InChI is InChI=1S/C17H20O2/c1-3-16(18)15-9-4-5-10-17(15)19-12-14-8-6-7-13(2)11-14/h4-11,16,18H,3,12H2,1-2H3. The highest BCUT2D eigenvalue weighted by Crippen LogP contribution is 2.27. The molecule has 19 heavy (non-hydrogen) atoms. The summed E-state index contributed by atoms with van der Waals surface area (Å²) in [6.07, 6.45) is 0.221. The van der Waals surface area contributed by atoms with Gasteiger partial charge in [-0.25, -0.2) is 0 Å². The lowest BCUT2D eigenvalue weighted by Gasteiger charge is -2.15. The molecule has 0 aliphatic heterocycles. The van der Waals surface area contributed by atoms with Crippen molar-refractivity contribution in [1.82, 2.24) is 0 Å². The Balaban J connectivity index is 2.11. The van der Waals surface area contributed by atoms with Crippen LogP contribution in [0.2, 0.25) is 0 Å². The van der Waals surface area contributed by atoms with Crippen molar-refractivity contribution in [3.8, 4) is 5.75 Å². The van der Waals surface area contributed by atoms with Gasteiger partial charge in [0.05, 0.1) is 6.10 Å². The monoisotopic (exact) mass is 256 g/mol. The molecular weight excluding hydrogens is 236 g/mol. The molecule has 1 unspecified atom stereocenters. The Bertz CT molecular complexity index is 534. The molecule has 0 saturated carbocycles. The van der Waals surface area contributed by atoms with Crippen molar-refractivity contribution < 1.29 is 9.84 Å². The van der Waals surface area contributed by atoms with Gasteiger partial charge in [0.1, 0.15) is 12.4 Å². The topological polar surface area (TPSA) is 29.5 Å². The normalized spacial score (nSPS) is 12.2. The number of hydrogen-bond acceptors (Lipinski definition) is 2. The number of ether oxygens (including phenoxy) is 1. The lowest BCUT2D eigenvalue weighted by molar-refractivity contribution is 0.166. The summed E-state index contributed by atoms with van der Waals surface area (Å²) in [6.45, 7) is 4.55. The van der Waals surface area contributed by atoms with Gasteiger partial charge in [-0.15, -0.1) is 0 Å². The Hall–Kier alpha value is -1.80. The Morgan fingerprint density at radius 1 is 1.11 bits per heavy atom. The van der Waals surface area contributed by atoms with E-state index in [0.717, 1.165) is 16.9 Å². The second kappa shape index (κ2) is 6.39. The van der Waals surface area contributed by atoms with E-state index in [9.17, 15) is 5.11 Å². The van der Waals surface area contributed by atoms with Crippen LogP contribution < -0.4 is 4.74 Å². The van der Waals surface area contributed by atoms with E-state index in [0.29, 0.717) is 13.0 Å². The Kier molecular flexibility index (Phi) is 4.58. The van der Waals surface area contributed by atoms with Gasteiger partial charge in [-0.1, -0.05) is 55.0 Å². The minimum absolute atomic E-state index is 0.464. The molecule has 2 aromatic rings. The summed E-state index contributed by atoms with van der Waals surface area (Å²) in [5, 5.41) is 9.97. The van der Waals surface area contributed by atoms with Gasteiger partial charge >= 0.3 is 0 Å². The predicted molar refractivity (Wildman–Crippen MR) is 77.2 cm³/mol. The van der Waals surface area contributed by atoms with Gasteiger partial charge in [0.25, 0.3) is 0 Å². The van der Waals surface area contributed by atoms with Crippen molar-refractivity contribution in [3.05, 3.63) is 65.2 Å². The third-order valence-electron chi connectivity index (χ3n) is 3.14. The van der Waals surface area contributed by atoms with Gasteiger partial charge in [-0.2, -0.15) is 0 Å². The maximum atomic E-state index is 9.97. The van der Waals surface area contributed by atoms with Gasteiger partial charge in [-0.3, -0.25) is 0 Å². The summed E-state index contributed by atoms with van der Waals surface area (Å²) < 4.78 is 5.84. The molecule has 0 aliphatic carbocycles. The number of rotatable bonds is 5. The number of para-hydroxylation sites is 1. The van der Waals surface area contributed by atoms with E-state index in [1.165, 1.54) is 5.56 Å². The van der Waals surface area contributed by atoms with Crippen LogP contribution in [0.4, 0.5) is 0 Å². The number of hydrogen-bond donors (Lipinski definition) is 1. The second-order valence-electron chi connectivity index (χ2n) is 4.74. The van der Waals surface area contributed by atoms with Crippen molar-refractivity contribution in [1.29, 1.82) is 0 Å². The van der Waals surface area contributed by atoms with Gasteiger partial charge < -0.3 is 9.84 Å². The predicted octanol–water partition coefficient (Wildman–Crippen LogP) is 4.02. The molecule has 0 fully saturated rings. The summed E-state index contributed by atoms with van der Waals surface area (Å²) in [6, 6.07) is 15.9. The van der Waals surface area contributed by atoms with Crippen LogP contribution in [-0.4, -0.2) is 5.11 Å². The van der Waals surface area contributed by atoms with Crippen LogP contribution >= 0.6 is 0 Å². The zero-order valence-corrected chi connectivity index (χ0v) is 11.5. The third-order valence-corrected chi connectivity index (χ3v) is 3.14. The SMILES string of the molecule is CCC(O)c1ccccc1OCc1cccc(C)c1. The Morgan fingerprint density at radius 3 is 2.63 bits per heavy atom. The highest BCUT2D eigenvalue weighted by molar-refractivity contribution is 5.35. The van der Waals surface area contributed by atoms with Gasteiger partial charge in [-0.05, 0) is 25.0 Å². The van der Waals surface area contributed by atoms with E-state index in [-0.39, 0.29) is 0 Å². The van der Waals surface area contributed by atoms with Crippen molar-refractivity contribution in [2.24, 2.45) is 0 Å². The number of aliphatic hydroxyl groups excluding tert-OH is 1. The summed E-state index contributed by atoms with van der Waals surface area (Å²) in [7, 11) is 0. The summed E-state index contributed by atoms with van der Waals surface area (Å²) >= 11 is 0. The fourth-order valence-electron chi connectivity index (χ4n) is 2.07. The minimum Gasteiger partial charge on any atom is -0.489 e. The lowest BCUT2D eigenvalue weighted by atomic mass is 10.1. The van der Waals surface area contributed by atoms with Gasteiger partial charge in [0.2, 0.25) is 0 Å². The maximum absolute atomic E-state index is 9.97. The van der Waals surface area contributed by atoms with E-state index in [1.54, 1.807) is 0 Å². The van der Waals surface area contributed by atoms with Crippen LogP contribution in [0.3, 0.4) is 0 Å². The third kappa shape index (κ3) is 3.58. The molecule has 0 radical (unpaired) electrons. The first-order valence-electron chi connectivity index (χ1n) is 6.66. The van der Waals surface area contributed by atoms with Crippen LogP contribution in [0.15, 0.2) is 48.5 Å². The first kappa shape index (κ1) is 13.6. The smallest absolute Gasteiger partial charge is 0.125 e. The largest absolute Gasteiger partial charge is 0.489 e. The molecule has 1 atom stereocenters. The summed E-state index contributed by atoms with van der Waals surface area (Å²) in [5.41, 5.74) is 3.22. The molecule has 0 amide bonds. The molecule has 0 bridgehead atoms. The van der Waals surface area contributed by atoms with E-state index < -0.39 is 6.10 Å². The summed E-state index contributed by atoms with van der Waals surface area (Å²) in [5.74, 6) is 0.762. The van der Waals surface area contributed by atoms with Crippen LogP contribution in [0, 0.1) is 6.92 Å². The average molecular weight is 256 g/mol. The van der Waals surface area contributed by atoms with E-state index in [1.807, 2.05) is 43.3 Å². The number of aryl methyl sites for hydroxylation is 1. The molecule has 0 saturated heterocycles. The molecule has 0 spiro atoms. The van der Waals surface area contributed by atoms with E-state index >= 15 is 0 Å². The lowest BCUT2D eigenvalue weighted by Crippen LogP contribution is -2.02. The second-order valence-corrected chi connectivity index (χ2v) is 4.74. The van der Waals surface area contributed by atoms with Crippen molar-refractivity contribution in [2.45, 2.75) is 33.0 Å². The molecule has 2 aromatic carbocycles. The zero-order chi connectivity index (χ0) is 13.7. The maximum Gasteiger partial charge on any atom is 0.125 e. The molecule has 100 valence electrons. The van der Waals surface area contributed by atoms with Crippen LogP contribution in [0.25, 0.3) is 0 Å². The molecule has 0 heterocycles. The van der Waals surface area contributed by atoms with Gasteiger partial charge in [0, 0.05) is 5.56 Å². The molecule has 1 N–H and O–H groups in total. The van der Waals surface area contributed by atoms with E-state index in [4.69, 9.17) is 4.74 Å². The highest BCUT2D eigenvalue weighted by atomic mass is 16.5. The first-order valence-corrected chi connectivity index (χ1v) is 6.66. The Labute approximate surface area is 114 Å². The Morgan fingerprint density at radius 2 is 1.89 bits per heavy atom. The van der Waals surface area contributed by atoms with Crippen molar-refractivity contribution in [2.75, 3.05) is 0 Å². The van der Waals surface area contributed by atoms with Crippen LogP contribution in [-0.2, 0) is 6.61 Å². The number of benzene rings is 2. The van der Waals surface area contributed by atoms with E-state index in [2.05, 4.69) is 19.1 Å². The van der Waals surface area contributed by atoms with Gasteiger partial charge in [0.15, 0.2) is 0 Å². The quantitative estimate of drug-likeness (QED) is 0.875. The highest BCUT2D eigenvalue weighted by Gasteiger charge is 2.10. The fourth-order valence-corrected chi connectivity index (χ4v) is 2.07. The summed E-state index contributed by atoms with van der Waals surface area (Å²) in [4.78, 5) is 0. The first-order chi connectivity index (χ1) is 9.20.